The molecule has 2 rings (SSSR count). The van der Waals surface area contributed by atoms with Crippen molar-refractivity contribution in [1.82, 2.24) is 5.32 Å². The topological polar surface area (TPSA) is 46.2 Å². The minimum atomic E-state index is -2.92. The number of hydrogen-bond donors (Lipinski definition) is 1. The molecule has 1 aromatic carbocycles. The van der Waals surface area contributed by atoms with E-state index >= 15 is 0 Å². The van der Waals surface area contributed by atoms with Crippen LogP contribution in [0.15, 0.2) is 24.3 Å². The summed E-state index contributed by atoms with van der Waals surface area (Å²) in [7, 11) is -0.947. The van der Waals surface area contributed by atoms with Crippen molar-refractivity contribution in [3.05, 3.63) is 35.4 Å². The molecular weight excluding hydrogens is 282 g/mol. The fraction of sp³-hybridized carbons (Fsp3) is 0.647. The first-order valence-corrected chi connectivity index (χ1v) is 9.86. The maximum absolute atomic E-state index is 11.8. The average molecular weight is 309 g/mol. The lowest BCUT2D eigenvalue weighted by atomic mass is 9.80. The summed E-state index contributed by atoms with van der Waals surface area (Å²) in [6, 6.07) is 8.97. The van der Waals surface area contributed by atoms with Crippen LogP contribution >= 0.6 is 0 Å². The summed E-state index contributed by atoms with van der Waals surface area (Å²) in [6.45, 7) is 2.16. The van der Waals surface area contributed by atoms with Crippen LogP contribution in [0.2, 0.25) is 0 Å². The maximum Gasteiger partial charge on any atom is 0.150 e. The Morgan fingerprint density at radius 2 is 1.90 bits per heavy atom. The first kappa shape index (κ1) is 16.5. The Bertz CT molecular complexity index is 551. The van der Waals surface area contributed by atoms with Gasteiger partial charge in [-0.2, -0.15) is 0 Å². The highest BCUT2D eigenvalue weighted by atomic mass is 32.2. The molecular formula is C17H27NO2S. The quantitative estimate of drug-likeness (QED) is 0.909. The van der Waals surface area contributed by atoms with Gasteiger partial charge in [0.25, 0.3) is 0 Å². The van der Waals surface area contributed by atoms with E-state index in [0.717, 1.165) is 32.1 Å². The van der Waals surface area contributed by atoms with Crippen molar-refractivity contribution < 1.29 is 8.42 Å². The van der Waals surface area contributed by atoms with E-state index in [0.29, 0.717) is 5.92 Å². The van der Waals surface area contributed by atoms with E-state index < -0.39 is 9.84 Å². The molecule has 0 aromatic heterocycles. The third-order valence-electron chi connectivity index (χ3n) is 4.80. The summed E-state index contributed by atoms with van der Waals surface area (Å²) in [4.78, 5) is 0. The zero-order valence-electron chi connectivity index (χ0n) is 13.3. The SMILES string of the molecule is CCc1ccc(C(NC)C2CCCC(S(C)(=O)=O)C2)cc1. The monoisotopic (exact) mass is 309 g/mol. The molecule has 1 aliphatic rings. The highest BCUT2D eigenvalue weighted by Crippen LogP contribution is 2.36. The highest BCUT2D eigenvalue weighted by Gasteiger charge is 2.33. The van der Waals surface area contributed by atoms with Gasteiger partial charge in [-0.25, -0.2) is 8.42 Å². The molecule has 3 unspecified atom stereocenters. The maximum atomic E-state index is 11.8. The number of rotatable bonds is 5. The average Bonchev–Trinajstić information content (AvgIpc) is 2.48. The molecule has 0 radical (unpaired) electrons. The van der Waals surface area contributed by atoms with Crippen molar-refractivity contribution in [3.8, 4) is 0 Å². The highest BCUT2D eigenvalue weighted by molar-refractivity contribution is 7.91. The van der Waals surface area contributed by atoms with Gasteiger partial charge >= 0.3 is 0 Å². The lowest BCUT2D eigenvalue weighted by molar-refractivity contribution is 0.282. The zero-order valence-corrected chi connectivity index (χ0v) is 14.1. The van der Waals surface area contributed by atoms with Gasteiger partial charge in [-0.15, -0.1) is 0 Å². The summed E-state index contributed by atoms with van der Waals surface area (Å²) in [6.07, 6.45) is 6.13. The third-order valence-corrected chi connectivity index (χ3v) is 6.44. The molecule has 0 saturated heterocycles. The lowest BCUT2D eigenvalue weighted by Gasteiger charge is -2.34. The number of hydrogen-bond acceptors (Lipinski definition) is 3. The van der Waals surface area contributed by atoms with Crippen LogP contribution in [0, 0.1) is 5.92 Å². The molecule has 1 aromatic rings. The number of nitrogens with one attached hydrogen (secondary N) is 1. The smallest absolute Gasteiger partial charge is 0.150 e. The fourth-order valence-corrected chi connectivity index (χ4v) is 4.70. The molecule has 1 fully saturated rings. The van der Waals surface area contributed by atoms with Gasteiger partial charge in [-0.05, 0) is 49.8 Å². The van der Waals surface area contributed by atoms with E-state index in [9.17, 15) is 8.42 Å². The second kappa shape index (κ2) is 6.93. The minimum absolute atomic E-state index is 0.165. The zero-order chi connectivity index (χ0) is 15.5. The van der Waals surface area contributed by atoms with Crippen LogP contribution in [0.5, 0.6) is 0 Å². The summed E-state index contributed by atoms with van der Waals surface area (Å²) >= 11 is 0. The second-order valence-corrected chi connectivity index (χ2v) is 8.57. The molecule has 0 aliphatic heterocycles. The molecule has 1 N–H and O–H groups in total. The summed E-state index contributed by atoms with van der Waals surface area (Å²) in [5.41, 5.74) is 2.61. The van der Waals surface area contributed by atoms with E-state index in [4.69, 9.17) is 0 Å². The van der Waals surface area contributed by atoms with Gasteiger partial charge in [-0.1, -0.05) is 37.6 Å². The van der Waals surface area contributed by atoms with E-state index in [-0.39, 0.29) is 11.3 Å². The standard InChI is InChI=1S/C17H27NO2S/c1-4-13-8-10-14(11-9-13)17(18-2)15-6-5-7-16(12-15)21(3,19)20/h8-11,15-18H,4-7,12H2,1-3H3. The van der Waals surface area contributed by atoms with Crippen LogP contribution in [-0.2, 0) is 16.3 Å². The van der Waals surface area contributed by atoms with Crippen molar-refractivity contribution in [1.29, 1.82) is 0 Å². The van der Waals surface area contributed by atoms with Crippen LogP contribution in [-0.4, -0.2) is 27.0 Å². The molecule has 0 spiro atoms. The van der Waals surface area contributed by atoms with Gasteiger partial charge < -0.3 is 5.32 Å². The first-order chi connectivity index (χ1) is 9.95. The first-order valence-electron chi connectivity index (χ1n) is 7.90. The van der Waals surface area contributed by atoms with E-state index in [1.165, 1.54) is 17.4 Å². The van der Waals surface area contributed by atoms with Gasteiger partial charge in [0, 0.05) is 12.3 Å². The second-order valence-electron chi connectivity index (χ2n) is 6.24. The van der Waals surface area contributed by atoms with Crippen molar-refractivity contribution >= 4 is 9.84 Å². The molecule has 0 bridgehead atoms. The van der Waals surface area contributed by atoms with Gasteiger partial charge in [0.05, 0.1) is 5.25 Å². The summed E-state index contributed by atoms with van der Waals surface area (Å²) < 4.78 is 23.7. The predicted octanol–water partition coefficient (Wildman–Crippen LogP) is 3.11. The molecule has 1 aliphatic carbocycles. The van der Waals surface area contributed by atoms with E-state index in [2.05, 4.69) is 36.5 Å². The van der Waals surface area contributed by atoms with Crippen molar-refractivity contribution in [3.63, 3.8) is 0 Å². The molecule has 3 atom stereocenters. The Morgan fingerprint density at radius 1 is 1.24 bits per heavy atom. The molecule has 0 amide bonds. The summed E-state index contributed by atoms with van der Waals surface area (Å²) in [5.74, 6) is 0.399. The van der Waals surface area contributed by atoms with Crippen LogP contribution in [0.3, 0.4) is 0 Å². The van der Waals surface area contributed by atoms with Crippen molar-refractivity contribution in [2.75, 3.05) is 13.3 Å². The van der Waals surface area contributed by atoms with Crippen molar-refractivity contribution in [2.45, 2.75) is 50.3 Å². The van der Waals surface area contributed by atoms with E-state index in [1.807, 2.05) is 7.05 Å². The normalized spacial score (nSPS) is 24.7. The lowest BCUT2D eigenvalue weighted by Crippen LogP contribution is -2.34. The molecule has 118 valence electrons. The Hall–Kier alpha value is -0.870. The fourth-order valence-electron chi connectivity index (χ4n) is 3.51. The number of aryl methyl sites for hydroxylation is 1. The Labute approximate surface area is 129 Å². The molecule has 4 heteroatoms. The van der Waals surface area contributed by atoms with Crippen LogP contribution < -0.4 is 5.32 Å². The van der Waals surface area contributed by atoms with Crippen LogP contribution in [0.1, 0.15) is 49.8 Å². The molecule has 0 heterocycles. The van der Waals surface area contributed by atoms with E-state index in [1.54, 1.807) is 0 Å². The molecule has 3 nitrogen and oxygen atoms in total. The minimum Gasteiger partial charge on any atom is -0.313 e. The Kier molecular flexibility index (Phi) is 5.44. The van der Waals surface area contributed by atoms with Crippen molar-refractivity contribution in [2.24, 2.45) is 5.92 Å². The van der Waals surface area contributed by atoms with Gasteiger partial charge in [-0.3, -0.25) is 0 Å². The summed E-state index contributed by atoms with van der Waals surface area (Å²) in [5, 5.41) is 3.24. The van der Waals surface area contributed by atoms with Crippen LogP contribution in [0.4, 0.5) is 0 Å². The van der Waals surface area contributed by atoms with Gasteiger partial charge in [0.1, 0.15) is 9.84 Å². The Balaban J connectivity index is 2.16. The third kappa shape index (κ3) is 4.07. The van der Waals surface area contributed by atoms with Gasteiger partial charge in [0.2, 0.25) is 0 Å². The Morgan fingerprint density at radius 3 is 2.43 bits per heavy atom. The molecule has 21 heavy (non-hydrogen) atoms. The largest absolute Gasteiger partial charge is 0.313 e. The number of benzene rings is 1. The predicted molar refractivity (Wildman–Crippen MR) is 88.2 cm³/mol. The van der Waals surface area contributed by atoms with Crippen LogP contribution in [0.25, 0.3) is 0 Å². The van der Waals surface area contributed by atoms with Gasteiger partial charge in [0.15, 0.2) is 0 Å². The number of sulfone groups is 1. The molecule has 1 saturated carbocycles.